The standard InChI is InChI=1S/C26H45NO3/c1-3-5-6-7-8-9-10-11-12-13-14-16-20-27-21-19-24(28)26(23(27)4-2)30-25-18-15-17-22-29-25/h19,21,25H,3-18,20,22H2,1-2H3. The van der Waals surface area contributed by atoms with Gasteiger partial charge in [0.25, 0.3) is 0 Å². The lowest BCUT2D eigenvalue weighted by molar-refractivity contribution is -0.107. The molecule has 1 aromatic rings. The zero-order valence-electron chi connectivity index (χ0n) is 19.6. The number of unbranched alkanes of at least 4 members (excludes halogenated alkanes) is 11. The predicted molar refractivity (Wildman–Crippen MR) is 125 cm³/mol. The van der Waals surface area contributed by atoms with E-state index in [0.717, 1.165) is 50.9 Å². The van der Waals surface area contributed by atoms with E-state index < -0.39 is 0 Å². The van der Waals surface area contributed by atoms with Crippen LogP contribution in [0.2, 0.25) is 0 Å². The molecule has 0 radical (unpaired) electrons. The first-order chi connectivity index (χ1) is 14.8. The van der Waals surface area contributed by atoms with Crippen molar-refractivity contribution in [2.45, 2.75) is 129 Å². The first-order valence-corrected chi connectivity index (χ1v) is 12.8. The van der Waals surface area contributed by atoms with E-state index in [1.165, 1.54) is 70.6 Å². The molecule has 0 bridgehead atoms. The molecule has 1 saturated heterocycles. The Bertz CT molecular complexity index is 619. The maximum atomic E-state index is 12.4. The van der Waals surface area contributed by atoms with Gasteiger partial charge in [0.05, 0.1) is 12.3 Å². The van der Waals surface area contributed by atoms with Crippen molar-refractivity contribution in [3.63, 3.8) is 0 Å². The average Bonchev–Trinajstić information content (AvgIpc) is 2.77. The Morgan fingerprint density at radius 2 is 1.57 bits per heavy atom. The number of hydrogen-bond acceptors (Lipinski definition) is 3. The van der Waals surface area contributed by atoms with Crippen molar-refractivity contribution < 1.29 is 9.47 Å². The smallest absolute Gasteiger partial charge is 0.223 e. The van der Waals surface area contributed by atoms with Gasteiger partial charge in [0, 0.05) is 25.2 Å². The zero-order chi connectivity index (χ0) is 21.4. The lowest BCUT2D eigenvalue weighted by Crippen LogP contribution is -2.28. The molecule has 1 aliphatic rings. The van der Waals surface area contributed by atoms with Gasteiger partial charge in [0.2, 0.25) is 5.43 Å². The normalized spacial score (nSPS) is 16.7. The maximum absolute atomic E-state index is 12.4. The van der Waals surface area contributed by atoms with Crippen LogP contribution in [0, 0.1) is 0 Å². The Kier molecular flexibility index (Phi) is 12.9. The van der Waals surface area contributed by atoms with Crippen molar-refractivity contribution in [3.8, 4) is 5.75 Å². The Balaban J connectivity index is 1.66. The van der Waals surface area contributed by atoms with Gasteiger partial charge in [0.15, 0.2) is 12.0 Å². The van der Waals surface area contributed by atoms with E-state index in [2.05, 4.69) is 18.4 Å². The van der Waals surface area contributed by atoms with Crippen molar-refractivity contribution in [2.24, 2.45) is 0 Å². The molecule has 4 nitrogen and oxygen atoms in total. The third-order valence-corrected chi connectivity index (χ3v) is 6.21. The van der Waals surface area contributed by atoms with Crippen molar-refractivity contribution >= 4 is 0 Å². The van der Waals surface area contributed by atoms with E-state index >= 15 is 0 Å². The molecule has 172 valence electrons. The lowest BCUT2D eigenvalue weighted by atomic mass is 10.1. The third kappa shape index (κ3) is 9.24. The molecule has 1 fully saturated rings. The largest absolute Gasteiger partial charge is 0.459 e. The molecule has 0 spiro atoms. The molecule has 0 N–H and O–H groups in total. The zero-order valence-corrected chi connectivity index (χ0v) is 19.6. The fraction of sp³-hybridized carbons (Fsp3) is 0.808. The molecular formula is C26H45NO3. The Hall–Kier alpha value is -1.29. The molecule has 0 saturated carbocycles. The molecule has 2 heterocycles. The van der Waals surface area contributed by atoms with Gasteiger partial charge in [-0.1, -0.05) is 84.5 Å². The molecule has 0 aromatic carbocycles. The molecule has 0 aliphatic carbocycles. The SMILES string of the molecule is CCCCCCCCCCCCCCn1ccc(=O)c(OC2CCCCO2)c1CC. The van der Waals surface area contributed by atoms with Gasteiger partial charge in [-0.25, -0.2) is 0 Å². The van der Waals surface area contributed by atoms with Gasteiger partial charge >= 0.3 is 0 Å². The van der Waals surface area contributed by atoms with E-state index in [-0.39, 0.29) is 11.7 Å². The van der Waals surface area contributed by atoms with E-state index in [4.69, 9.17) is 9.47 Å². The van der Waals surface area contributed by atoms with Crippen LogP contribution in [0.3, 0.4) is 0 Å². The monoisotopic (exact) mass is 419 g/mol. The molecular weight excluding hydrogens is 374 g/mol. The van der Waals surface area contributed by atoms with E-state index in [0.29, 0.717) is 5.75 Å². The Morgan fingerprint density at radius 1 is 0.933 bits per heavy atom. The molecule has 2 rings (SSSR count). The number of aryl methyl sites for hydroxylation is 1. The first kappa shape index (κ1) is 25.0. The molecule has 1 atom stereocenters. The number of ether oxygens (including phenoxy) is 2. The fourth-order valence-electron chi connectivity index (χ4n) is 4.35. The van der Waals surface area contributed by atoms with Crippen molar-refractivity contribution in [1.29, 1.82) is 0 Å². The summed E-state index contributed by atoms with van der Waals surface area (Å²) in [5, 5.41) is 0. The third-order valence-electron chi connectivity index (χ3n) is 6.21. The molecule has 1 unspecified atom stereocenters. The summed E-state index contributed by atoms with van der Waals surface area (Å²) in [6.07, 6.45) is 21.8. The van der Waals surface area contributed by atoms with Crippen LogP contribution in [0.1, 0.15) is 116 Å². The number of pyridine rings is 1. The van der Waals surface area contributed by atoms with Crippen LogP contribution in [-0.4, -0.2) is 17.5 Å². The van der Waals surface area contributed by atoms with Crippen molar-refractivity contribution in [1.82, 2.24) is 4.57 Å². The summed E-state index contributed by atoms with van der Waals surface area (Å²) < 4.78 is 13.9. The highest BCUT2D eigenvalue weighted by atomic mass is 16.7. The van der Waals surface area contributed by atoms with E-state index in [1.54, 1.807) is 6.07 Å². The van der Waals surface area contributed by atoms with E-state index in [1.807, 2.05) is 6.20 Å². The van der Waals surface area contributed by atoms with Crippen molar-refractivity contribution in [3.05, 3.63) is 28.2 Å². The predicted octanol–water partition coefficient (Wildman–Crippen LogP) is 7.02. The lowest BCUT2D eigenvalue weighted by Gasteiger charge is -2.25. The summed E-state index contributed by atoms with van der Waals surface area (Å²) in [6.45, 7) is 6.07. The van der Waals surface area contributed by atoms with Crippen molar-refractivity contribution in [2.75, 3.05) is 6.61 Å². The number of hydrogen-bond donors (Lipinski definition) is 0. The molecule has 1 aliphatic heterocycles. The second-order valence-electron chi connectivity index (χ2n) is 8.81. The summed E-state index contributed by atoms with van der Waals surface area (Å²) in [5.41, 5.74) is 0.992. The maximum Gasteiger partial charge on any atom is 0.223 e. The summed E-state index contributed by atoms with van der Waals surface area (Å²) in [6, 6.07) is 1.65. The van der Waals surface area contributed by atoms with Crippen LogP contribution in [0.4, 0.5) is 0 Å². The minimum absolute atomic E-state index is 0.0213. The van der Waals surface area contributed by atoms with Crippen LogP contribution >= 0.6 is 0 Å². The van der Waals surface area contributed by atoms with Crippen LogP contribution in [0.5, 0.6) is 5.75 Å². The average molecular weight is 420 g/mol. The second-order valence-corrected chi connectivity index (χ2v) is 8.81. The minimum Gasteiger partial charge on any atom is -0.459 e. The fourth-order valence-corrected chi connectivity index (χ4v) is 4.35. The van der Waals surface area contributed by atoms with Crippen LogP contribution in [0.25, 0.3) is 0 Å². The number of rotatable bonds is 16. The first-order valence-electron chi connectivity index (χ1n) is 12.8. The van der Waals surface area contributed by atoms with Crippen LogP contribution in [0.15, 0.2) is 17.1 Å². The summed E-state index contributed by atoms with van der Waals surface area (Å²) in [7, 11) is 0. The highest BCUT2D eigenvalue weighted by Crippen LogP contribution is 2.21. The molecule has 0 amide bonds. The molecule has 4 heteroatoms. The summed E-state index contributed by atoms with van der Waals surface area (Å²) in [4.78, 5) is 12.4. The molecule has 30 heavy (non-hydrogen) atoms. The minimum atomic E-state index is -0.265. The van der Waals surface area contributed by atoms with Gasteiger partial charge in [-0.15, -0.1) is 0 Å². The van der Waals surface area contributed by atoms with Gasteiger partial charge in [-0.2, -0.15) is 0 Å². The Labute approximate surface area is 184 Å². The summed E-state index contributed by atoms with van der Waals surface area (Å²) in [5.74, 6) is 0.505. The van der Waals surface area contributed by atoms with E-state index in [9.17, 15) is 4.79 Å². The highest BCUT2D eigenvalue weighted by molar-refractivity contribution is 5.28. The quantitative estimate of drug-likeness (QED) is 0.270. The number of nitrogens with zero attached hydrogens (tertiary/aromatic N) is 1. The van der Waals surface area contributed by atoms with Gasteiger partial charge < -0.3 is 14.0 Å². The topological polar surface area (TPSA) is 40.5 Å². The van der Waals surface area contributed by atoms with Gasteiger partial charge in [-0.3, -0.25) is 4.79 Å². The molecule has 1 aromatic heterocycles. The van der Waals surface area contributed by atoms with Gasteiger partial charge in [0.1, 0.15) is 0 Å². The van der Waals surface area contributed by atoms with Gasteiger partial charge in [-0.05, 0) is 25.7 Å². The second kappa shape index (κ2) is 15.5. The van der Waals surface area contributed by atoms with Crippen LogP contribution in [-0.2, 0) is 17.7 Å². The number of aromatic nitrogens is 1. The van der Waals surface area contributed by atoms with Crippen LogP contribution < -0.4 is 10.2 Å². The summed E-state index contributed by atoms with van der Waals surface area (Å²) >= 11 is 0. The Morgan fingerprint density at radius 3 is 2.13 bits per heavy atom. The highest BCUT2D eigenvalue weighted by Gasteiger charge is 2.19.